The van der Waals surface area contributed by atoms with Crippen molar-refractivity contribution in [2.24, 2.45) is 5.92 Å². The van der Waals surface area contributed by atoms with Crippen LogP contribution in [0.4, 0.5) is 0 Å². The van der Waals surface area contributed by atoms with Crippen LogP contribution in [0.2, 0.25) is 0 Å². The Bertz CT molecular complexity index is 368. The zero-order valence-electron chi connectivity index (χ0n) is 10.3. The lowest BCUT2D eigenvalue weighted by molar-refractivity contribution is -0.156. The molecule has 0 aromatic heterocycles. The van der Waals surface area contributed by atoms with Crippen LogP contribution in [-0.2, 0) is 14.3 Å². The summed E-state index contributed by atoms with van der Waals surface area (Å²) in [6.07, 6.45) is 5.30. The number of hydrogen-bond acceptors (Lipinski definition) is 3. The van der Waals surface area contributed by atoms with Crippen molar-refractivity contribution >= 4 is 11.9 Å². The van der Waals surface area contributed by atoms with Crippen molar-refractivity contribution < 1.29 is 14.3 Å². The third-order valence-corrected chi connectivity index (χ3v) is 4.54. The van der Waals surface area contributed by atoms with E-state index in [4.69, 9.17) is 4.74 Å². The highest BCUT2D eigenvalue weighted by Gasteiger charge is 2.55. The zero-order valence-corrected chi connectivity index (χ0v) is 10.3. The summed E-state index contributed by atoms with van der Waals surface area (Å²) in [7, 11) is 0. The maximum absolute atomic E-state index is 11.8. The number of carbonyl (C=O) groups is 2. The maximum atomic E-state index is 11.8. The quantitative estimate of drug-likeness (QED) is 0.600. The normalized spacial score (nSPS) is 41.6. The molecular formula is C13H19NO3. The lowest BCUT2D eigenvalue weighted by Gasteiger charge is -2.36. The van der Waals surface area contributed by atoms with Crippen LogP contribution in [0.25, 0.3) is 0 Å². The minimum Gasteiger partial charge on any atom is -0.457 e. The summed E-state index contributed by atoms with van der Waals surface area (Å²) in [4.78, 5) is 25.5. The number of esters is 1. The second-order valence-electron chi connectivity index (χ2n) is 5.69. The third kappa shape index (κ3) is 1.57. The van der Waals surface area contributed by atoms with E-state index < -0.39 is 0 Å². The van der Waals surface area contributed by atoms with Gasteiger partial charge < -0.3 is 9.64 Å². The Morgan fingerprint density at radius 3 is 2.88 bits per heavy atom. The average Bonchev–Trinajstić information content (AvgIpc) is 2.71. The molecule has 94 valence electrons. The van der Waals surface area contributed by atoms with Crippen LogP contribution >= 0.6 is 0 Å². The van der Waals surface area contributed by atoms with Gasteiger partial charge in [-0.05, 0) is 25.7 Å². The first kappa shape index (κ1) is 11.1. The average molecular weight is 237 g/mol. The molecule has 0 aliphatic carbocycles. The Hall–Kier alpha value is -1.06. The molecule has 0 radical (unpaired) electrons. The van der Waals surface area contributed by atoms with Gasteiger partial charge in [0.05, 0.1) is 12.0 Å². The van der Waals surface area contributed by atoms with Crippen LogP contribution in [0.1, 0.15) is 45.4 Å². The van der Waals surface area contributed by atoms with Gasteiger partial charge in [-0.1, -0.05) is 6.92 Å². The van der Waals surface area contributed by atoms with E-state index in [1.54, 1.807) is 0 Å². The van der Waals surface area contributed by atoms with E-state index in [9.17, 15) is 9.59 Å². The van der Waals surface area contributed by atoms with Crippen LogP contribution in [0.15, 0.2) is 0 Å². The first-order valence-corrected chi connectivity index (χ1v) is 6.65. The molecule has 3 atom stereocenters. The van der Waals surface area contributed by atoms with Gasteiger partial charge >= 0.3 is 5.97 Å². The molecule has 3 fully saturated rings. The molecule has 0 aromatic rings. The topological polar surface area (TPSA) is 46.6 Å². The van der Waals surface area contributed by atoms with Gasteiger partial charge in [0.15, 0.2) is 0 Å². The first-order valence-electron chi connectivity index (χ1n) is 6.65. The minimum atomic E-state index is -0.362. The van der Waals surface area contributed by atoms with Crippen LogP contribution < -0.4 is 0 Å². The van der Waals surface area contributed by atoms with E-state index >= 15 is 0 Å². The second kappa shape index (κ2) is 3.72. The monoisotopic (exact) mass is 237 g/mol. The Morgan fingerprint density at radius 2 is 2.18 bits per heavy atom. The van der Waals surface area contributed by atoms with E-state index in [0.29, 0.717) is 6.42 Å². The molecule has 1 spiro atoms. The number of amides is 1. The third-order valence-electron chi connectivity index (χ3n) is 4.54. The molecule has 0 N–H and O–H groups in total. The molecule has 0 bridgehead atoms. The van der Waals surface area contributed by atoms with E-state index in [0.717, 1.165) is 38.6 Å². The van der Waals surface area contributed by atoms with Crippen molar-refractivity contribution in [2.75, 3.05) is 6.54 Å². The predicted molar refractivity (Wildman–Crippen MR) is 61.2 cm³/mol. The molecule has 4 heteroatoms. The summed E-state index contributed by atoms with van der Waals surface area (Å²) in [6, 6.07) is 0.145. The lowest BCUT2D eigenvalue weighted by atomic mass is 9.83. The van der Waals surface area contributed by atoms with Gasteiger partial charge in [-0.15, -0.1) is 0 Å². The summed E-state index contributed by atoms with van der Waals surface area (Å²) in [6.45, 7) is 2.78. The largest absolute Gasteiger partial charge is 0.457 e. The van der Waals surface area contributed by atoms with Gasteiger partial charge in [0.2, 0.25) is 5.91 Å². The van der Waals surface area contributed by atoms with Gasteiger partial charge in [0.1, 0.15) is 5.60 Å². The fourth-order valence-electron chi connectivity index (χ4n) is 3.74. The minimum absolute atomic E-state index is 0.00866. The van der Waals surface area contributed by atoms with Crippen molar-refractivity contribution in [3.63, 3.8) is 0 Å². The Kier molecular flexibility index (Phi) is 2.42. The highest BCUT2D eigenvalue weighted by atomic mass is 16.6. The van der Waals surface area contributed by atoms with Gasteiger partial charge in [0.25, 0.3) is 0 Å². The van der Waals surface area contributed by atoms with Gasteiger partial charge in [-0.25, -0.2) is 0 Å². The number of carbonyl (C=O) groups excluding carboxylic acids is 2. The summed E-state index contributed by atoms with van der Waals surface area (Å²) in [5.74, 6) is 0.156. The number of rotatable bonds is 0. The van der Waals surface area contributed by atoms with Crippen molar-refractivity contribution in [3.8, 4) is 0 Å². The summed E-state index contributed by atoms with van der Waals surface area (Å²) >= 11 is 0. The van der Waals surface area contributed by atoms with Crippen molar-refractivity contribution in [1.29, 1.82) is 0 Å². The van der Waals surface area contributed by atoms with Crippen molar-refractivity contribution in [2.45, 2.75) is 57.1 Å². The molecule has 3 unspecified atom stereocenters. The summed E-state index contributed by atoms with van der Waals surface area (Å²) < 4.78 is 5.71. The van der Waals surface area contributed by atoms with Crippen molar-refractivity contribution in [3.05, 3.63) is 0 Å². The fourth-order valence-corrected chi connectivity index (χ4v) is 3.74. The van der Waals surface area contributed by atoms with Crippen LogP contribution in [0, 0.1) is 5.92 Å². The molecule has 0 saturated carbocycles. The smallest absolute Gasteiger partial charge is 0.309 e. The SMILES string of the molecule is CC1CC2(CCCCN3C(=O)CCC32)OC1=O. The van der Waals surface area contributed by atoms with Gasteiger partial charge in [-0.3, -0.25) is 9.59 Å². The highest BCUT2D eigenvalue weighted by molar-refractivity contribution is 5.80. The summed E-state index contributed by atoms with van der Waals surface area (Å²) in [5, 5.41) is 0. The van der Waals surface area contributed by atoms with E-state index in [-0.39, 0.29) is 29.4 Å². The lowest BCUT2D eigenvalue weighted by Crippen LogP contribution is -2.49. The molecule has 0 aromatic carbocycles. The Labute approximate surface area is 101 Å². The van der Waals surface area contributed by atoms with Crippen LogP contribution in [-0.4, -0.2) is 35.0 Å². The molecule has 1 amide bonds. The predicted octanol–water partition coefficient (Wildman–Crippen LogP) is 1.48. The van der Waals surface area contributed by atoms with Gasteiger partial charge in [0, 0.05) is 19.4 Å². The van der Waals surface area contributed by atoms with Crippen molar-refractivity contribution in [1.82, 2.24) is 4.90 Å². The molecule has 3 aliphatic heterocycles. The first-order chi connectivity index (χ1) is 8.12. The van der Waals surface area contributed by atoms with Crippen LogP contribution in [0.3, 0.4) is 0 Å². The van der Waals surface area contributed by atoms with E-state index in [1.165, 1.54) is 0 Å². The summed E-state index contributed by atoms with van der Waals surface area (Å²) in [5.41, 5.74) is -0.362. The number of fused-ring (bicyclic) bond motifs is 2. The number of nitrogens with zero attached hydrogens (tertiary/aromatic N) is 1. The number of ether oxygens (including phenoxy) is 1. The van der Waals surface area contributed by atoms with Crippen LogP contribution in [0.5, 0.6) is 0 Å². The molecule has 3 aliphatic rings. The molecule has 3 heterocycles. The van der Waals surface area contributed by atoms with Gasteiger partial charge in [-0.2, -0.15) is 0 Å². The molecule has 3 saturated heterocycles. The molecule has 17 heavy (non-hydrogen) atoms. The standard InChI is InChI=1S/C13H19NO3/c1-9-8-13(17-12(9)16)6-2-3-7-14-10(13)4-5-11(14)15/h9-10H,2-8H2,1H3. The maximum Gasteiger partial charge on any atom is 0.309 e. The molecular weight excluding hydrogens is 218 g/mol. The second-order valence-corrected chi connectivity index (χ2v) is 5.69. The Morgan fingerprint density at radius 1 is 1.35 bits per heavy atom. The fraction of sp³-hybridized carbons (Fsp3) is 0.846. The number of hydrogen-bond donors (Lipinski definition) is 0. The Balaban J connectivity index is 1.92. The molecule has 4 nitrogen and oxygen atoms in total. The molecule has 3 rings (SSSR count). The highest BCUT2D eigenvalue weighted by Crippen LogP contribution is 2.45. The van der Waals surface area contributed by atoms with E-state index in [2.05, 4.69) is 0 Å². The zero-order chi connectivity index (χ0) is 12.0. The van der Waals surface area contributed by atoms with E-state index in [1.807, 2.05) is 11.8 Å².